The Morgan fingerprint density at radius 2 is 2.11 bits per heavy atom. The van der Waals surface area contributed by atoms with Gasteiger partial charge in [-0.3, -0.25) is 14.2 Å². The number of imidazole rings is 1. The average Bonchev–Trinajstić information content (AvgIpc) is 3.68. The Hall–Kier alpha value is -4.16. The molecule has 0 bridgehead atoms. The minimum absolute atomic E-state index is 0.0444. The number of nitrogens with zero attached hydrogens (tertiary/aromatic N) is 8. The van der Waals surface area contributed by atoms with Crippen molar-refractivity contribution in [3.8, 4) is 28.2 Å². The quantitative estimate of drug-likeness (QED) is 0.367. The largest absolute Gasteiger partial charge is 0.344 e. The molecule has 0 unspecified atom stereocenters. The maximum atomic E-state index is 13.4. The number of aryl methyl sites for hydroxylation is 1. The molecule has 0 spiro atoms. The Labute approximate surface area is 219 Å². The van der Waals surface area contributed by atoms with E-state index in [1.54, 1.807) is 48.0 Å². The summed E-state index contributed by atoms with van der Waals surface area (Å²) < 4.78 is 3.19. The van der Waals surface area contributed by atoms with Gasteiger partial charge in [0, 0.05) is 48.1 Å². The smallest absolute Gasteiger partial charge is 0.263 e. The summed E-state index contributed by atoms with van der Waals surface area (Å²) in [6.45, 7) is 0. The van der Waals surface area contributed by atoms with Crippen molar-refractivity contribution in [1.82, 2.24) is 44.6 Å². The first-order chi connectivity index (χ1) is 17.9. The molecule has 1 N–H and O–H groups in total. The van der Waals surface area contributed by atoms with Gasteiger partial charge in [-0.1, -0.05) is 11.6 Å². The highest BCUT2D eigenvalue weighted by atomic mass is 35.5. The Morgan fingerprint density at radius 1 is 1.24 bits per heavy atom. The number of carbonyl (C=O) groups excluding carboxylic acids is 1. The van der Waals surface area contributed by atoms with Crippen LogP contribution in [0.3, 0.4) is 0 Å². The van der Waals surface area contributed by atoms with Gasteiger partial charge in [0.15, 0.2) is 0 Å². The number of nitrogens with one attached hydrogen (secondary N) is 1. The van der Waals surface area contributed by atoms with Gasteiger partial charge in [0.1, 0.15) is 18.0 Å². The van der Waals surface area contributed by atoms with Gasteiger partial charge in [0.2, 0.25) is 0 Å². The third-order valence-corrected chi connectivity index (χ3v) is 7.40. The molecule has 0 radical (unpaired) electrons. The number of rotatable bonds is 5. The first kappa shape index (κ1) is 23.3. The summed E-state index contributed by atoms with van der Waals surface area (Å²) in [4.78, 5) is 40.5. The lowest BCUT2D eigenvalue weighted by molar-refractivity contribution is 0.0832. The Bertz CT molecular complexity index is 1690. The molecule has 6 rings (SSSR count). The van der Waals surface area contributed by atoms with Crippen LogP contribution >= 0.6 is 22.9 Å². The van der Waals surface area contributed by atoms with Crippen LogP contribution in [-0.4, -0.2) is 64.6 Å². The second-order valence-electron chi connectivity index (χ2n) is 8.82. The number of fused-ring (bicyclic) bond motifs is 1. The van der Waals surface area contributed by atoms with Crippen LogP contribution in [0.25, 0.3) is 28.2 Å². The van der Waals surface area contributed by atoms with E-state index >= 15 is 0 Å². The van der Waals surface area contributed by atoms with Gasteiger partial charge in [-0.05, 0) is 41.1 Å². The van der Waals surface area contributed by atoms with Crippen LogP contribution in [0, 0.1) is 0 Å². The highest BCUT2D eigenvalue weighted by Gasteiger charge is 2.29. The maximum Gasteiger partial charge on any atom is 0.263 e. The van der Waals surface area contributed by atoms with Gasteiger partial charge in [-0.2, -0.15) is 4.68 Å². The van der Waals surface area contributed by atoms with Crippen LogP contribution in [0.5, 0.6) is 0 Å². The Morgan fingerprint density at radius 3 is 2.89 bits per heavy atom. The number of hydrogen-bond acceptors (Lipinski definition) is 8. The molecule has 0 aliphatic carbocycles. The molecule has 11 nitrogen and oxygen atoms in total. The monoisotopic (exact) mass is 533 g/mol. The molecule has 4 aromatic heterocycles. The molecule has 1 aromatic carbocycles. The molecule has 5 heterocycles. The Balaban J connectivity index is 1.34. The number of tetrazole rings is 1. The molecule has 1 aliphatic rings. The number of amides is 1. The summed E-state index contributed by atoms with van der Waals surface area (Å²) in [6, 6.07) is 8.36. The van der Waals surface area contributed by atoms with Crippen molar-refractivity contribution in [3.05, 3.63) is 80.1 Å². The van der Waals surface area contributed by atoms with Crippen LogP contribution in [0.1, 0.15) is 33.8 Å². The van der Waals surface area contributed by atoms with Crippen molar-refractivity contribution in [2.75, 3.05) is 14.1 Å². The van der Waals surface area contributed by atoms with Crippen LogP contribution in [0.4, 0.5) is 0 Å². The highest BCUT2D eigenvalue weighted by Crippen LogP contribution is 2.33. The fourth-order valence-electron chi connectivity index (χ4n) is 4.49. The minimum atomic E-state index is -0.266. The molecule has 1 atom stereocenters. The summed E-state index contributed by atoms with van der Waals surface area (Å²) >= 11 is 7.66. The molecule has 37 heavy (non-hydrogen) atoms. The van der Waals surface area contributed by atoms with Crippen molar-refractivity contribution in [3.63, 3.8) is 0 Å². The summed E-state index contributed by atoms with van der Waals surface area (Å²) in [5.74, 6) is 1.30. The summed E-state index contributed by atoms with van der Waals surface area (Å²) in [6.07, 6.45) is 4.51. The lowest BCUT2D eigenvalue weighted by Crippen LogP contribution is -2.25. The molecule has 0 saturated heterocycles. The summed E-state index contributed by atoms with van der Waals surface area (Å²) in [5, 5.41) is 13.8. The average molecular weight is 534 g/mol. The predicted molar refractivity (Wildman–Crippen MR) is 138 cm³/mol. The topological polar surface area (TPSA) is 127 Å². The van der Waals surface area contributed by atoms with E-state index in [9.17, 15) is 9.59 Å². The maximum absolute atomic E-state index is 13.4. The third-order valence-electron chi connectivity index (χ3n) is 6.25. The third kappa shape index (κ3) is 4.13. The SMILES string of the molecule is CN(C)C(=O)c1cc(-c2cnc([C@@H]3CCc4nc(-c5cc(Cl)ccc5-n5cnnn5)cc(=O)n43)[nH]2)cs1. The molecule has 5 aromatic rings. The highest BCUT2D eigenvalue weighted by molar-refractivity contribution is 7.12. The fraction of sp³-hybridized carbons (Fsp3) is 0.208. The zero-order valence-corrected chi connectivity index (χ0v) is 21.4. The number of H-pyrrole nitrogens is 1. The van der Waals surface area contributed by atoms with Crippen LogP contribution in [-0.2, 0) is 6.42 Å². The molecular weight excluding hydrogens is 514 g/mol. The second kappa shape index (κ2) is 9.05. The van der Waals surface area contributed by atoms with E-state index in [0.717, 1.165) is 11.3 Å². The molecular formula is C24H20ClN9O2S. The number of thiophene rings is 1. The minimum Gasteiger partial charge on any atom is -0.344 e. The number of aromatic amines is 1. The van der Waals surface area contributed by atoms with E-state index in [0.29, 0.717) is 51.3 Å². The second-order valence-corrected chi connectivity index (χ2v) is 10.2. The van der Waals surface area contributed by atoms with Crippen molar-refractivity contribution in [2.24, 2.45) is 0 Å². The van der Waals surface area contributed by atoms with E-state index in [2.05, 4.69) is 25.5 Å². The lowest BCUT2D eigenvalue weighted by atomic mass is 10.1. The fourth-order valence-corrected chi connectivity index (χ4v) is 5.59. The van der Waals surface area contributed by atoms with Crippen molar-refractivity contribution in [1.29, 1.82) is 0 Å². The molecule has 0 fully saturated rings. The van der Waals surface area contributed by atoms with Crippen molar-refractivity contribution >= 4 is 28.8 Å². The van der Waals surface area contributed by atoms with Crippen LogP contribution in [0.2, 0.25) is 5.02 Å². The standard InChI is InChI=1S/C24H20ClN9O2S/c1-32(2)24(36)20-7-13(11-37-20)17-10-26-23(29-17)19-5-6-21-28-16(9-22(35)34(19)21)15-8-14(25)3-4-18(15)33-12-27-30-31-33/h3-4,7-12,19H,5-6H2,1-2H3,(H,26,29)/t19-/m0/s1. The molecule has 0 saturated carbocycles. The van der Waals surface area contributed by atoms with E-state index in [1.165, 1.54) is 28.4 Å². The first-order valence-electron chi connectivity index (χ1n) is 11.4. The zero-order valence-electron chi connectivity index (χ0n) is 19.8. The van der Waals surface area contributed by atoms with E-state index < -0.39 is 0 Å². The Kier molecular flexibility index (Phi) is 5.69. The van der Waals surface area contributed by atoms with Gasteiger partial charge < -0.3 is 9.88 Å². The van der Waals surface area contributed by atoms with Crippen LogP contribution < -0.4 is 5.56 Å². The number of benzene rings is 1. The number of hydrogen-bond donors (Lipinski definition) is 1. The van der Waals surface area contributed by atoms with Gasteiger partial charge in [-0.15, -0.1) is 16.4 Å². The number of halogens is 1. The van der Waals surface area contributed by atoms with Crippen molar-refractivity contribution in [2.45, 2.75) is 18.9 Å². The van der Waals surface area contributed by atoms with Gasteiger partial charge in [0.25, 0.3) is 11.5 Å². The lowest BCUT2D eigenvalue weighted by Gasteiger charge is -2.14. The molecule has 1 amide bonds. The van der Waals surface area contributed by atoms with E-state index in [4.69, 9.17) is 16.6 Å². The van der Waals surface area contributed by atoms with Crippen LogP contribution in [0.15, 0.2) is 53.0 Å². The van der Waals surface area contributed by atoms with Gasteiger partial charge in [-0.25, -0.2) is 9.97 Å². The van der Waals surface area contributed by atoms with E-state index in [1.807, 2.05) is 11.4 Å². The molecule has 13 heteroatoms. The van der Waals surface area contributed by atoms with Crippen molar-refractivity contribution < 1.29 is 4.79 Å². The molecule has 186 valence electrons. The number of aromatic nitrogens is 8. The summed E-state index contributed by atoms with van der Waals surface area (Å²) in [5.41, 5.74) is 3.31. The van der Waals surface area contributed by atoms with E-state index in [-0.39, 0.29) is 17.5 Å². The zero-order chi connectivity index (χ0) is 25.7. The number of carbonyl (C=O) groups is 1. The molecule has 1 aliphatic heterocycles. The summed E-state index contributed by atoms with van der Waals surface area (Å²) in [7, 11) is 3.45. The van der Waals surface area contributed by atoms with Gasteiger partial charge in [0.05, 0.1) is 34.2 Å². The normalized spacial score (nSPS) is 14.6. The van der Waals surface area contributed by atoms with Gasteiger partial charge >= 0.3 is 0 Å². The first-order valence-corrected chi connectivity index (χ1v) is 12.7. The predicted octanol–water partition coefficient (Wildman–Crippen LogP) is 3.23.